The first-order valence-electron chi connectivity index (χ1n) is 12.6. The van der Waals surface area contributed by atoms with E-state index in [1.807, 2.05) is 42.2 Å². The van der Waals surface area contributed by atoms with Gasteiger partial charge in [-0.15, -0.1) is 0 Å². The third-order valence-electron chi connectivity index (χ3n) is 6.40. The van der Waals surface area contributed by atoms with E-state index in [0.29, 0.717) is 31.0 Å². The van der Waals surface area contributed by atoms with Crippen LogP contribution in [0.15, 0.2) is 34.7 Å². The van der Waals surface area contributed by atoms with Crippen molar-refractivity contribution in [2.24, 2.45) is 11.3 Å². The number of nitrogens with zero attached hydrogens (tertiary/aromatic N) is 2. The highest BCUT2D eigenvalue weighted by Gasteiger charge is 2.35. The standard InChI is InChI=1S/C28H38N2O5/c1-19(14-28(3,4)5)12-26(31)30(22-8-9-22)17-27(32)29(16-23-10-6-20(2)35-23)15-21-7-11-24-25(13-21)34-18-33-24/h6-7,10-11,13,19,22H,8-9,12,14-18H2,1-5H3. The fraction of sp³-hybridized carbons (Fsp3) is 0.571. The van der Waals surface area contributed by atoms with Crippen LogP contribution in [0, 0.1) is 18.3 Å². The van der Waals surface area contributed by atoms with Crippen molar-refractivity contribution in [3.8, 4) is 11.5 Å². The van der Waals surface area contributed by atoms with Gasteiger partial charge in [0.05, 0.1) is 6.54 Å². The smallest absolute Gasteiger partial charge is 0.242 e. The Morgan fingerprint density at radius 3 is 2.43 bits per heavy atom. The van der Waals surface area contributed by atoms with E-state index in [1.54, 1.807) is 4.90 Å². The molecule has 1 aliphatic heterocycles. The van der Waals surface area contributed by atoms with Crippen LogP contribution in [0.2, 0.25) is 0 Å². The second kappa shape index (κ2) is 10.3. The quantitative estimate of drug-likeness (QED) is 0.460. The van der Waals surface area contributed by atoms with Crippen LogP contribution < -0.4 is 9.47 Å². The van der Waals surface area contributed by atoms with Crippen molar-refractivity contribution in [3.63, 3.8) is 0 Å². The minimum atomic E-state index is -0.0829. The van der Waals surface area contributed by atoms with Crippen molar-refractivity contribution in [2.75, 3.05) is 13.3 Å². The molecule has 1 atom stereocenters. The summed E-state index contributed by atoms with van der Waals surface area (Å²) in [6, 6.07) is 9.69. The van der Waals surface area contributed by atoms with Gasteiger partial charge >= 0.3 is 0 Å². The molecule has 1 aromatic carbocycles. The molecule has 0 radical (unpaired) electrons. The largest absolute Gasteiger partial charge is 0.464 e. The molecule has 2 aliphatic rings. The Kier molecular flexibility index (Phi) is 7.43. The van der Waals surface area contributed by atoms with Crippen molar-refractivity contribution < 1.29 is 23.5 Å². The lowest BCUT2D eigenvalue weighted by Gasteiger charge is -2.29. The molecule has 0 bridgehead atoms. The van der Waals surface area contributed by atoms with Crippen LogP contribution in [-0.4, -0.2) is 41.0 Å². The van der Waals surface area contributed by atoms with Gasteiger partial charge in [-0.3, -0.25) is 9.59 Å². The zero-order valence-corrected chi connectivity index (χ0v) is 21.6. The predicted octanol–water partition coefficient (Wildman–Crippen LogP) is 5.30. The topological polar surface area (TPSA) is 72.2 Å². The van der Waals surface area contributed by atoms with E-state index in [9.17, 15) is 9.59 Å². The van der Waals surface area contributed by atoms with Crippen LogP contribution in [0.5, 0.6) is 11.5 Å². The van der Waals surface area contributed by atoms with Gasteiger partial charge in [0.2, 0.25) is 18.6 Å². The maximum Gasteiger partial charge on any atom is 0.242 e. The lowest BCUT2D eigenvalue weighted by atomic mass is 9.84. The molecular weight excluding hydrogens is 444 g/mol. The number of rotatable bonds is 10. The average Bonchev–Trinajstić information content (AvgIpc) is 3.35. The minimum absolute atomic E-state index is 0.0782. The summed E-state index contributed by atoms with van der Waals surface area (Å²) in [4.78, 5) is 30.4. The molecule has 7 nitrogen and oxygen atoms in total. The van der Waals surface area contributed by atoms with E-state index in [-0.39, 0.29) is 42.5 Å². The minimum Gasteiger partial charge on any atom is -0.464 e. The Balaban J connectivity index is 1.47. The van der Waals surface area contributed by atoms with Gasteiger partial charge in [0.15, 0.2) is 11.5 Å². The van der Waals surface area contributed by atoms with Crippen molar-refractivity contribution in [2.45, 2.75) is 79.4 Å². The van der Waals surface area contributed by atoms with E-state index >= 15 is 0 Å². The Labute approximate surface area is 208 Å². The Morgan fingerprint density at radius 1 is 1.03 bits per heavy atom. The number of furan rings is 1. The first-order valence-corrected chi connectivity index (χ1v) is 12.6. The highest BCUT2D eigenvalue weighted by Crippen LogP contribution is 2.34. The Bertz CT molecular complexity index is 1050. The van der Waals surface area contributed by atoms with Gasteiger partial charge in [0, 0.05) is 19.0 Å². The number of carbonyl (C=O) groups excluding carboxylic acids is 2. The fourth-order valence-electron chi connectivity index (χ4n) is 4.84. The van der Waals surface area contributed by atoms with Gasteiger partial charge in [-0.05, 0) is 67.3 Å². The molecule has 1 fully saturated rings. The molecule has 2 heterocycles. The zero-order valence-electron chi connectivity index (χ0n) is 21.6. The molecule has 2 aromatic rings. The van der Waals surface area contributed by atoms with E-state index in [0.717, 1.165) is 36.3 Å². The van der Waals surface area contributed by atoms with Crippen LogP contribution in [0.3, 0.4) is 0 Å². The molecule has 7 heteroatoms. The van der Waals surface area contributed by atoms with Crippen LogP contribution in [0.1, 0.15) is 70.5 Å². The number of benzene rings is 1. The third-order valence-corrected chi connectivity index (χ3v) is 6.40. The number of amides is 2. The van der Waals surface area contributed by atoms with Gasteiger partial charge < -0.3 is 23.7 Å². The Hall–Kier alpha value is -2.96. The number of hydrogen-bond acceptors (Lipinski definition) is 5. The molecule has 35 heavy (non-hydrogen) atoms. The molecule has 1 unspecified atom stereocenters. The molecule has 0 spiro atoms. The average molecular weight is 483 g/mol. The molecule has 0 saturated heterocycles. The fourth-order valence-corrected chi connectivity index (χ4v) is 4.84. The highest BCUT2D eigenvalue weighted by molar-refractivity contribution is 5.85. The van der Waals surface area contributed by atoms with Gasteiger partial charge in [0.1, 0.15) is 18.1 Å². The summed E-state index contributed by atoms with van der Waals surface area (Å²) < 4.78 is 16.7. The normalized spacial score (nSPS) is 15.7. The second-order valence-electron chi connectivity index (χ2n) is 11.3. The predicted molar refractivity (Wildman–Crippen MR) is 133 cm³/mol. The molecule has 190 valence electrons. The van der Waals surface area contributed by atoms with Gasteiger partial charge in [-0.1, -0.05) is 33.8 Å². The molecule has 1 aromatic heterocycles. The van der Waals surface area contributed by atoms with Crippen molar-refractivity contribution in [1.29, 1.82) is 0 Å². The molecule has 4 rings (SSSR count). The summed E-state index contributed by atoms with van der Waals surface area (Å²) in [5.41, 5.74) is 1.11. The second-order valence-corrected chi connectivity index (χ2v) is 11.3. The number of aryl methyl sites for hydroxylation is 1. The zero-order chi connectivity index (χ0) is 25.2. The third kappa shape index (κ3) is 7.03. The van der Waals surface area contributed by atoms with E-state index < -0.39 is 0 Å². The van der Waals surface area contributed by atoms with E-state index in [4.69, 9.17) is 13.9 Å². The van der Waals surface area contributed by atoms with Gasteiger partial charge in [-0.2, -0.15) is 0 Å². The highest BCUT2D eigenvalue weighted by atomic mass is 16.7. The number of ether oxygens (including phenoxy) is 2. The SMILES string of the molecule is Cc1ccc(CN(Cc2ccc3c(c2)OCO3)C(=O)CN(C(=O)CC(C)CC(C)(C)C)C2CC2)o1. The first kappa shape index (κ1) is 25.1. The number of hydrogen-bond donors (Lipinski definition) is 0. The van der Waals surface area contributed by atoms with E-state index in [2.05, 4.69) is 27.7 Å². The van der Waals surface area contributed by atoms with Gasteiger partial charge in [0.25, 0.3) is 0 Å². The number of carbonyl (C=O) groups is 2. The van der Waals surface area contributed by atoms with Crippen LogP contribution in [0.25, 0.3) is 0 Å². The Morgan fingerprint density at radius 2 is 1.77 bits per heavy atom. The van der Waals surface area contributed by atoms with Crippen molar-refractivity contribution in [3.05, 3.63) is 47.4 Å². The van der Waals surface area contributed by atoms with Crippen LogP contribution in [-0.2, 0) is 22.7 Å². The molecule has 1 aliphatic carbocycles. The van der Waals surface area contributed by atoms with E-state index in [1.165, 1.54) is 0 Å². The maximum atomic E-state index is 13.6. The first-order chi connectivity index (χ1) is 16.6. The maximum absolute atomic E-state index is 13.6. The van der Waals surface area contributed by atoms with Crippen molar-refractivity contribution in [1.82, 2.24) is 9.80 Å². The lowest BCUT2D eigenvalue weighted by molar-refractivity contribution is -0.142. The lowest BCUT2D eigenvalue weighted by Crippen LogP contribution is -2.44. The summed E-state index contributed by atoms with van der Waals surface area (Å²) in [5.74, 6) is 3.19. The molecule has 2 amide bonds. The number of fused-ring (bicyclic) bond motifs is 1. The summed E-state index contributed by atoms with van der Waals surface area (Å²) in [7, 11) is 0. The summed E-state index contributed by atoms with van der Waals surface area (Å²) in [6.07, 6.45) is 3.37. The summed E-state index contributed by atoms with van der Waals surface area (Å²) in [5, 5.41) is 0. The summed E-state index contributed by atoms with van der Waals surface area (Å²) in [6.45, 7) is 11.6. The molecule has 0 N–H and O–H groups in total. The van der Waals surface area contributed by atoms with Crippen molar-refractivity contribution >= 4 is 11.8 Å². The monoisotopic (exact) mass is 482 g/mol. The molecular formula is C28H38N2O5. The summed E-state index contributed by atoms with van der Waals surface area (Å²) >= 11 is 0. The van der Waals surface area contributed by atoms with Crippen LogP contribution >= 0.6 is 0 Å². The van der Waals surface area contributed by atoms with Gasteiger partial charge in [-0.25, -0.2) is 0 Å². The van der Waals surface area contributed by atoms with Crippen LogP contribution in [0.4, 0.5) is 0 Å². The molecule has 1 saturated carbocycles.